The summed E-state index contributed by atoms with van der Waals surface area (Å²) in [6, 6.07) is 11.8. The maximum Gasteiger partial charge on any atom is 0.283 e. The molecule has 2 aromatic rings. The van der Waals surface area contributed by atoms with Crippen molar-refractivity contribution in [2.75, 3.05) is 0 Å². The third kappa shape index (κ3) is 3.77. The number of carbonyl (C=O) groups excluding carboxylic acids is 2. The van der Waals surface area contributed by atoms with Gasteiger partial charge in [0, 0.05) is 9.50 Å². The quantitative estimate of drug-likeness (QED) is 0.406. The summed E-state index contributed by atoms with van der Waals surface area (Å²) in [5.74, 6) is -1.15. The van der Waals surface area contributed by atoms with Gasteiger partial charge in [-0.2, -0.15) is 0 Å². The van der Waals surface area contributed by atoms with E-state index in [0.29, 0.717) is 5.02 Å². The van der Waals surface area contributed by atoms with Crippen LogP contribution >= 0.6 is 51.3 Å². The summed E-state index contributed by atoms with van der Waals surface area (Å²) in [6.07, 6.45) is 1.62. The van der Waals surface area contributed by atoms with Crippen LogP contribution in [0.3, 0.4) is 0 Å². The van der Waals surface area contributed by atoms with Crippen molar-refractivity contribution in [3.63, 3.8) is 0 Å². The summed E-state index contributed by atoms with van der Waals surface area (Å²) >= 11 is 20.4. The van der Waals surface area contributed by atoms with Crippen LogP contribution in [0, 0.1) is 0 Å². The number of benzene rings is 2. The van der Waals surface area contributed by atoms with Crippen LogP contribution in [0.2, 0.25) is 10.0 Å². The molecule has 1 aliphatic heterocycles. The topological polar surface area (TPSA) is 49.4 Å². The molecule has 1 heterocycles. The van der Waals surface area contributed by atoms with Crippen LogP contribution in [0.5, 0.6) is 0 Å². The summed E-state index contributed by atoms with van der Waals surface area (Å²) in [5, 5.41) is 3.31. The van der Waals surface area contributed by atoms with Crippen LogP contribution in [0.25, 0.3) is 6.08 Å². The number of halogens is 3. The highest BCUT2D eigenvalue weighted by atomic mass is 79.9. The van der Waals surface area contributed by atoms with E-state index in [0.717, 1.165) is 14.9 Å². The Morgan fingerprint density at radius 3 is 2.64 bits per heavy atom. The number of nitrogens with one attached hydrogen (secondary N) is 1. The molecule has 0 atom stereocenters. The average Bonchev–Trinajstić information content (AvgIpc) is 2.81. The van der Waals surface area contributed by atoms with Gasteiger partial charge in [-0.1, -0.05) is 51.3 Å². The van der Waals surface area contributed by atoms with E-state index in [2.05, 4.69) is 21.2 Å². The molecule has 0 aromatic heterocycles. The van der Waals surface area contributed by atoms with Crippen LogP contribution in [0.1, 0.15) is 15.9 Å². The Labute approximate surface area is 167 Å². The maximum atomic E-state index is 12.7. The first kappa shape index (κ1) is 18.1. The van der Waals surface area contributed by atoms with Crippen molar-refractivity contribution >= 4 is 74.4 Å². The van der Waals surface area contributed by atoms with Crippen molar-refractivity contribution in [1.29, 1.82) is 0 Å². The standard InChI is InChI=1S/C17H9BrCl2N2O2S/c18-10-3-1-2-9(6-10)7-14-16(24)22(17(25)21-14)15(23)12-5-4-11(19)8-13(12)20/h1-8H,(H,21,25). The van der Waals surface area contributed by atoms with E-state index in [-0.39, 0.29) is 21.4 Å². The minimum atomic E-state index is -0.609. The minimum absolute atomic E-state index is 0.00210. The maximum absolute atomic E-state index is 12.7. The average molecular weight is 456 g/mol. The SMILES string of the molecule is O=C1C(=Cc2cccc(Br)c2)NC(=S)N1C(=O)c1ccc(Cl)cc1Cl. The minimum Gasteiger partial charge on any atom is -0.327 e. The zero-order valence-electron chi connectivity index (χ0n) is 12.4. The molecule has 0 spiro atoms. The number of carbonyl (C=O) groups is 2. The molecular weight excluding hydrogens is 447 g/mol. The van der Waals surface area contributed by atoms with Crippen molar-refractivity contribution in [2.24, 2.45) is 0 Å². The fraction of sp³-hybridized carbons (Fsp3) is 0. The zero-order valence-corrected chi connectivity index (χ0v) is 16.3. The second-order valence-electron chi connectivity index (χ2n) is 5.11. The Bertz CT molecular complexity index is 946. The molecule has 8 heteroatoms. The van der Waals surface area contributed by atoms with Crippen LogP contribution in [0.4, 0.5) is 0 Å². The number of thiocarbonyl (C=S) groups is 1. The van der Waals surface area contributed by atoms with E-state index < -0.39 is 11.8 Å². The molecule has 2 amide bonds. The van der Waals surface area contributed by atoms with E-state index in [1.54, 1.807) is 6.08 Å². The second kappa shape index (κ2) is 7.25. The van der Waals surface area contributed by atoms with E-state index in [1.165, 1.54) is 18.2 Å². The van der Waals surface area contributed by atoms with Crippen LogP contribution in [-0.4, -0.2) is 21.8 Å². The Balaban J connectivity index is 1.92. The third-order valence-corrected chi connectivity index (χ3v) is 4.73. The lowest BCUT2D eigenvalue weighted by molar-refractivity contribution is -0.120. The van der Waals surface area contributed by atoms with Gasteiger partial charge >= 0.3 is 0 Å². The molecular formula is C17H9BrCl2N2O2S. The first-order valence-electron chi connectivity index (χ1n) is 6.99. The Hall–Kier alpha value is -1.73. The largest absolute Gasteiger partial charge is 0.327 e. The summed E-state index contributed by atoms with van der Waals surface area (Å²) in [4.78, 5) is 26.2. The molecule has 126 valence electrons. The predicted molar refractivity (Wildman–Crippen MR) is 105 cm³/mol. The molecule has 1 saturated heterocycles. The molecule has 1 aliphatic rings. The number of rotatable bonds is 2. The molecule has 0 saturated carbocycles. The van der Waals surface area contributed by atoms with Crippen LogP contribution in [-0.2, 0) is 4.79 Å². The zero-order chi connectivity index (χ0) is 18.1. The Morgan fingerprint density at radius 1 is 1.20 bits per heavy atom. The van der Waals surface area contributed by atoms with E-state index in [9.17, 15) is 9.59 Å². The van der Waals surface area contributed by atoms with Crippen molar-refractivity contribution in [1.82, 2.24) is 10.2 Å². The van der Waals surface area contributed by atoms with Crippen molar-refractivity contribution in [2.45, 2.75) is 0 Å². The van der Waals surface area contributed by atoms with Gasteiger partial charge in [-0.3, -0.25) is 9.59 Å². The van der Waals surface area contributed by atoms with Gasteiger partial charge in [0.2, 0.25) is 0 Å². The molecule has 1 N–H and O–H groups in total. The number of nitrogens with zero attached hydrogens (tertiary/aromatic N) is 1. The van der Waals surface area contributed by atoms with Crippen molar-refractivity contribution in [3.8, 4) is 0 Å². The lowest BCUT2D eigenvalue weighted by Gasteiger charge is -2.13. The Morgan fingerprint density at radius 2 is 1.96 bits per heavy atom. The highest BCUT2D eigenvalue weighted by Crippen LogP contribution is 2.25. The molecule has 2 aromatic carbocycles. The molecule has 0 aliphatic carbocycles. The number of hydrogen-bond donors (Lipinski definition) is 1. The number of imide groups is 1. The van der Waals surface area contributed by atoms with Crippen LogP contribution in [0.15, 0.2) is 52.6 Å². The molecule has 0 bridgehead atoms. The number of hydrogen-bond acceptors (Lipinski definition) is 3. The highest BCUT2D eigenvalue weighted by molar-refractivity contribution is 9.10. The summed E-state index contributed by atoms with van der Waals surface area (Å²) < 4.78 is 0.871. The smallest absolute Gasteiger partial charge is 0.283 e. The number of amides is 2. The van der Waals surface area contributed by atoms with Gasteiger partial charge in [0.05, 0.1) is 10.6 Å². The highest BCUT2D eigenvalue weighted by Gasteiger charge is 2.36. The van der Waals surface area contributed by atoms with E-state index in [1.807, 2.05) is 24.3 Å². The van der Waals surface area contributed by atoms with Gasteiger partial charge < -0.3 is 5.32 Å². The van der Waals surface area contributed by atoms with E-state index in [4.69, 9.17) is 35.4 Å². The van der Waals surface area contributed by atoms with Gasteiger partial charge in [-0.15, -0.1) is 0 Å². The third-order valence-electron chi connectivity index (χ3n) is 3.40. The summed E-state index contributed by atoms with van der Waals surface area (Å²) in [5.41, 5.74) is 1.14. The summed E-state index contributed by atoms with van der Waals surface area (Å²) in [6.45, 7) is 0. The molecule has 0 radical (unpaired) electrons. The van der Waals surface area contributed by atoms with Crippen LogP contribution < -0.4 is 5.32 Å². The fourth-order valence-corrected chi connectivity index (χ4v) is 3.45. The Kier molecular flexibility index (Phi) is 5.24. The van der Waals surface area contributed by atoms with Gasteiger partial charge in [0.25, 0.3) is 11.8 Å². The van der Waals surface area contributed by atoms with Gasteiger partial charge in [0.15, 0.2) is 5.11 Å². The van der Waals surface area contributed by atoms with Gasteiger partial charge in [0.1, 0.15) is 5.70 Å². The lowest BCUT2D eigenvalue weighted by atomic mass is 10.2. The lowest BCUT2D eigenvalue weighted by Crippen LogP contribution is -2.36. The molecule has 25 heavy (non-hydrogen) atoms. The van der Waals surface area contributed by atoms with Gasteiger partial charge in [-0.25, -0.2) is 4.90 Å². The first-order valence-corrected chi connectivity index (χ1v) is 8.94. The first-order chi connectivity index (χ1) is 11.9. The van der Waals surface area contributed by atoms with Crippen molar-refractivity contribution in [3.05, 3.63) is 73.8 Å². The molecule has 4 nitrogen and oxygen atoms in total. The molecule has 0 unspecified atom stereocenters. The molecule has 1 fully saturated rings. The van der Waals surface area contributed by atoms with E-state index >= 15 is 0 Å². The molecule has 3 rings (SSSR count). The monoisotopic (exact) mass is 454 g/mol. The normalized spacial score (nSPS) is 15.6. The van der Waals surface area contributed by atoms with Crippen molar-refractivity contribution < 1.29 is 9.59 Å². The second-order valence-corrected chi connectivity index (χ2v) is 7.26. The summed E-state index contributed by atoms with van der Waals surface area (Å²) in [7, 11) is 0. The van der Waals surface area contributed by atoms with Gasteiger partial charge in [-0.05, 0) is 54.2 Å². The predicted octanol–water partition coefficient (Wildman–Crippen LogP) is 4.65. The fourth-order valence-electron chi connectivity index (χ4n) is 2.27.